The lowest BCUT2D eigenvalue weighted by Crippen LogP contribution is -2.31. The van der Waals surface area contributed by atoms with Crippen LogP contribution in [0.4, 0.5) is 5.95 Å². The summed E-state index contributed by atoms with van der Waals surface area (Å²) in [6.07, 6.45) is 11.7. The molecule has 1 saturated carbocycles. The fourth-order valence-corrected chi connectivity index (χ4v) is 5.15. The Kier molecular flexibility index (Phi) is 6.81. The van der Waals surface area contributed by atoms with Crippen molar-refractivity contribution in [2.75, 3.05) is 11.9 Å². The van der Waals surface area contributed by atoms with E-state index in [2.05, 4.69) is 17.2 Å². The van der Waals surface area contributed by atoms with E-state index in [1.807, 2.05) is 43.5 Å². The molecular weight excluding hydrogens is 426 g/mol. The molecule has 3 aromatic rings. The molecule has 34 heavy (non-hydrogen) atoms. The number of rotatable bonds is 6. The Bertz CT molecular complexity index is 1170. The van der Waals surface area contributed by atoms with Gasteiger partial charge in [-0.05, 0) is 81.5 Å². The van der Waals surface area contributed by atoms with Crippen LogP contribution < -0.4 is 11.0 Å². The quantitative estimate of drug-likeness (QED) is 0.561. The zero-order chi connectivity index (χ0) is 23.5. The third kappa shape index (κ3) is 5.09. The highest BCUT2D eigenvalue weighted by molar-refractivity contribution is 5.59. The number of ether oxygens (including phenoxy) is 1. The molecule has 0 radical (unpaired) electrons. The minimum atomic E-state index is -0.0656. The predicted molar refractivity (Wildman–Crippen MR) is 134 cm³/mol. The molecule has 0 spiro atoms. The highest BCUT2D eigenvalue weighted by atomic mass is 16.5. The minimum Gasteiger partial charge on any atom is -0.376 e. The maximum absolute atomic E-state index is 13.6. The third-order valence-corrected chi connectivity index (χ3v) is 7.16. The number of benzene rings is 1. The van der Waals surface area contributed by atoms with Crippen LogP contribution in [-0.4, -0.2) is 37.9 Å². The van der Waals surface area contributed by atoms with Crippen molar-refractivity contribution >= 4 is 5.95 Å². The van der Waals surface area contributed by atoms with Gasteiger partial charge in [0.25, 0.3) is 0 Å². The summed E-state index contributed by atoms with van der Waals surface area (Å²) in [6, 6.07) is 10.3. The summed E-state index contributed by atoms with van der Waals surface area (Å²) in [5.41, 5.74) is 3.40. The lowest BCUT2D eigenvalue weighted by atomic mass is 9.87. The first-order valence-electron chi connectivity index (χ1n) is 12.7. The van der Waals surface area contributed by atoms with Crippen LogP contribution in [0.5, 0.6) is 0 Å². The van der Waals surface area contributed by atoms with Crippen LogP contribution in [0.3, 0.4) is 0 Å². The number of aryl methyl sites for hydroxylation is 1. The summed E-state index contributed by atoms with van der Waals surface area (Å²) in [5, 5.41) is 3.53. The van der Waals surface area contributed by atoms with Gasteiger partial charge in [-0.3, -0.25) is 9.13 Å². The lowest BCUT2D eigenvalue weighted by Gasteiger charge is -2.26. The highest BCUT2D eigenvalue weighted by Gasteiger charge is 2.22. The summed E-state index contributed by atoms with van der Waals surface area (Å²) in [4.78, 5) is 22.9. The van der Waals surface area contributed by atoms with Crippen molar-refractivity contribution < 1.29 is 4.74 Å². The summed E-state index contributed by atoms with van der Waals surface area (Å²) >= 11 is 0. The van der Waals surface area contributed by atoms with E-state index in [4.69, 9.17) is 9.72 Å². The molecule has 5 rings (SSSR count). The average molecular weight is 462 g/mol. The Labute approximate surface area is 201 Å². The molecule has 1 aliphatic heterocycles. The second kappa shape index (κ2) is 10.1. The van der Waals surface area contributed by atoms with Gasteiger partial charge in [-0.2, -0.15) is 0 Å². The van der Waals surface area contributed by atoms with E-state index >= 15 is 0 Å². The summed E-state index contributed by atoms with van der Waals surface area (Å²) < 4.78 is 9.47. The highest BCUT2D eigenvalue weighted by Crippen LogP contribution is 2.27. The topological polar surface area (TPSA) is 74.0 Å². The van der Waals surface area contributed by atoms with E-state index < -0.39 is 0 Å². The van der Waals surface area contributed by atoms with Crippen LogP contribution in [0.15, 0.2) is 47.5 Å². The number of nitrogens with zero attached hydrogens (tertiary/aromatic N) is 4. The molecule has 7 heteroatoms. The van der Waals surface area contributed by atoms with E-state index in [1.54, 1.807) is 15.3 Å². The molecule has 2 aromatic heterocycles. The van der Waals surface area contributed by atoms with Crippen molar-refractivity contribution in [3.05, 3.63) is 58.8 Å². The van der Waals surface area contributed by atoms with Gasteiger partial charge in [-0.25, -0.2) is 14.8 Å². The van der Waals surface area contributed by atoms with Crippen molar-refractivity contribution in [2.24, 2.45) is 5.92 Å². The van der Waals surface area contributed by atoms with Gasteiger partial charge >= 0.3 is 5.69 Å². The third-order valence-electron chi connectivity index (χ3n) is 7.16. The number of aromatic nitrogens is 4. The molecule has 180 valence electrons. The normalized spacial score (nSPS) is 23.1. The lowest BCUT2D eigenvalue weighted by molar-refractivity contribution is 0.00543. The first-order valence-corrected chi connectivity index (χ1v) is 12.7. The van der Waals surface area contributed by atoms with Crippen LogP contribution >= 0.6 is 0 Å². The molecule has 3 heterocycles. The SMILES string of the molecule is Cc1cccc(-n2c(-c3ccnc(NC4CCC(C)CC4)n3)cn(CC3CCCCO3)c2=O)c1. The molecule has 1 aliphatic carbocycles. The maximum atomic E-state index is 13.6. The van der Waals surface area contributed by atoms with Crippen LogP contribution in [0, 0.1) is 12.8 Å². The maximum Gasteiger partial charge on any atom is 0.333 e. The molecule has 1 aromatic carbocycles. The van der Waals surface area contributed by atoms with Gasteiger partial charge < -0.3 is 10.1 Å². The number of anilines is 1. The largest absolute Gasteiger partial charge is 0.376 e. The molecule has 7 nitrogen and oxygen atoms in total. The Balaban J connectivity index is 1.49. The van der Waals surface area contributed by atoms with Gasteiger partial charge in [0, 0.05) is 25.0 Å². The fourth-order valence-electron chi connectivity index (χ4n) is 5.15. The van der Waals surface area contributed by atoms with Crippen molar-refractivity contribution in [2.45, 2.75) is 77.5 Å². The zero-order valence-corrected chi connectivity index (χ0v) is 20.2. The zero-order valence-electron chi connectivity index (χ0n) is 20.2. The second-order valence-corrected chi connectivity index (χ2v) is 9.98. The first kappa shape index (κ1) is 22.8. The molecule has 1 saturated heterocycles. The number of nitrogens with one attached hydrogen (secondary N) is 1. The molecule has 2 fully saturated rings. The summed E-state index contributed by atoms with van der Waals surface area (Å²) in [7, 11) is 0. The van der Waals surface area contributed by atoms with E-state index in [9.17, 15) is 4.79 Å². The summed E-state index contributed by atoms with van der Waals surface area (Å²) in [6.45, 7) is 5.69. The molecule has 1 N–H and O–H groups in total. The van der Waals surface area contributed by atoms with E-state index in [0.717, 1.165) is 67.3 Å². The molecular formula is C27H35N5O2. The Morgan fingerprint density at radius 3 is 2.74 bits per heavy atom. The predicted octanol–water partition coefficient (Wildman–Crippen LogP) is 4.96. The first-order chi connectivity index (χ1) is 16.6. The van der Waals surface area contributed by atoms with E-state index in [1.165, 1.54) is 12.8 Å². The Hall–Kier alpha value is -2.93. The second-order valence-electron chi connectivity index (χ2n) is 9.98. The molecule has 1 atom stereocenters. The van der Waals surface area contributed by atoms with Gasteiger partial charge in [-0.1, -0.05) is 19.1 Å². The van der Waals surface area contributed by atoms with Gasteiger partial charge in [0.2, 0.25) is 5.95 Å². The van der Waals surface area contributed by atoms with Crippen LogP contribution in [0.25, 0.3) is 17.1 Å². The minimum absolute atomic E-state index is 0.0656. The summed E-state index contributed by atoms with van der Waals surface area (Å²) in [5.74, 6) is 1.42. The van der Waals surface area contributed by atoms with Crippen LogP contribution in [0.1, 0.15) is 57.4 Å². The molecule has 0 amide bonds. The number of hydrogen-bond acceptors (Lipinski definition) is 5. The molecule has 1 unspecified atom stereocenters. The molecule has 0 bridgehead atoms. The fraction of sp³-hybridized carbons (Fsp3) is 0.519. The van der Waals surface area contributed by atoms with Crippen molar-refractivity contribution in [3.8, 4) is 17.1 Å². The standard InChI is InChI=1S/C27H35N5O2/c1-19-9-11-21(12-10-19)29-26-28-14-13-24(30-26)25-18-31(17-23-8-3-4-15-34-23)27(33)32(25)22-7-5-6-20(2)16-22/h5-7,13-14,16,18-19,21,23H,3-4,8-12,15,17H2,1-2H3,(H,28,29,30). The van der Waals surface area contributed by atoms with Crippen LogP contribution in [-0.2, 0) is 11.3 Å². The van der Waals surface area contributed by atoms with Crippen molar-refractivity contribution in [3.63, 3.8) is 0 Å². The van der Waals surface area contributed by atoms with E-state index in [0.29, 0.717) is 18.5 Å². The monoisotopic (exact) mass is 461 g/mol. The van der Waals surface area contributed by atoms with Crippen molar-refractivity contribution in [1.82, 2.24) is 19.1 Å². The van der Waals surface area contributed by atoms with Gasteiger partial charge in [-0.15, -0.1) is 0 Å². The van der Waals surface area contributed by atoms with Crippen LogP contribution in [0.2, 0.25) is 0 Å². The smallest absolute Gasteiger partial charge is 0.333 e. The van der Waals surface area contributed by atoms with E-state index in [-0.39, 0.29) is 11.8 Å². The Morgan fingerprint density at radius 1 is 1.12 bits per heavy atom. The van der Waals surface area contributed by atoms with Gasteiger partial charge in [0.1, 0.15) is 0 Å². The number of hydrogen-bond donors (Lipinski definition) is 1. The Morgan fingerprint density at radius 2 is 1.97 bits per heavy atom. The molecule has 2 aliphatic rings. The average Bonchev–Trinajstić information content (AvgIpc) is 3.17. The number of imidazole rings is 1. The van der Waals surface area contributed by atoms with Crippen molar-refractivity contribution in [1.29, 1.82) is 0 Å². The van der Waals surface area contributed by atoms with Gasteiger partial charge in [0.15, 0.2) is 0 Å². The van der Waals surface area contributed by atoms with Gasteiger partial charge in [0.05, 0.1) is 29.7 Å².